The Bertz CT molecular complexity index is 830. The molecule has 8 heteroatoms. The van der Waals surface area contributed by atoms with E-state index < -0.39 is 17.7 Å². The molecule has 1 atom stereocenters. The molecule has 1 aromatic carbocycles. The number of ether oxygens (including phenoxy) is 1. The third-order valence-electron chi connectivity index (χ3n) is 4.72. The molecule has 28 heavy (non-hydrogen) atoms. The molecule has 3 rings (SSSR count). The number of aromatic nitrogens is 1. The Morgan fingerprint density at radius 2 is 1.89 bits per heavy atom. The minimum Gasteiger partial charge on any atom is -0.465 e. The number of carbonyl (C=O) groups is 3. The van der Waals surface area contributed by atoms with E-state index in [0.29, 0.717) is 12.0 Å². The van der Waals surface area contributed by atoms with Crippen molar-refractivity contribution in [2.75, 3.05) is 19.6 Å². The van der Waals surface area contributed by atoms with Gasteiger partial charge in [-0.05, 0) is 17.7 Å². The van der Waals surface area contributed by atoms with E-state index in [2.05, 4.69) is 4.98 Å². The predicted molar refractivity (Wildman–Crippen MR) is 99.7 cm³/mol. The van der Waals surface area contributed by atoms with E-state index in [1.807, 2.05) is 30.3 Å². The van der Waals surface area contributed by atoms with E-state index in [4.69, 9.17) is 4.74 Å². The normalized spacial score (nSPS) is 19.1. The van der Waals surface area contributed by atoms with Crippen molar-refractivity contribution < 1.29 is 24.2 Å². The van der Waals surface area contributed by atoms with Gasteiger partial charge < -0.3 is 19.5 Å². The molecule has 1 aromatic heterocycles. The summed E-state index contributed by atoms with van der Waals surface area (Å²) in [7, 11) is 0. The summed E-state index contributed by atoms with van der Waals surface area (Å²) in [4.78, 5) is 43.0. The van der Waals surface area contributed by atoms with E-state index in [9.17, 15) is 19.5 Å². The molecule has 146 valence electrons. The topological polar surface area (TPSA) is 100 Å². The van der Waals surface area contributed by atoms with Gasteiger partial charge in [0.1, 0.15) is 18.4 Å². The third kappa shape index (κ3) is 4.28. The first-order valence-electron chi connectivity index (χ1n) is 8.86. The number of carbonyl (C=O) groups excluding carboxylic acids is 2. The summed E-state index contributed by atoms with van der Waals surface area (Å²) in [6.45, 7) is 0.0965. The average Bonchev–Trinajstić information content (AvgIpc) is 2.73. The maximum absolute atomic E-state index is 12.8. The molecule has 1 unspecified atom stereocenters. The quantitative estimate of drug-likeness (QED) is 0.795. The van der Waals surface area contributed by atoms with Crippen molar-refractivity contribution in [2.24, 2.45) is 0 Å². The van der Waals surface area contributed by atoms with E-state index in [0.717, 1.165) is 10.5 Å². The van der Waals surface area contributed by atoms with Crippen LogP contribution in [0.3, 0.4) is 0 Å². The highest BCUT2D eigenvalue weighted by Gasteiger charge is 2.46. The van der Waals surface area contributed by atoms with E-state index >= 15 is 0 Å². The molecule has 0 radical (unpaired) electrons. The van der Waals surface area contributed by atoms with Crippen molar-refractivity contribution in [1.29, 1.82) is 0 Å². The number of piperazine rings is 1. The second-order valence-electron chi connectivity index (χ2n) is 6.62. The van der Waals surface area contributed by atoms with Crippen molar-refractivity contribution in [2.45, 2.75) is 18.6 Å². The van der Waals surface area contributed by atoms with E-state index in [1.54, 1.807) is 24.4 Å². The molecule has 1 N–H and O–H groups in total. The molecule has 8 nitrogen and oxygen atoms in total. The lowest BCUT2D eigenvalue weighted by Crippen LogP contribution is -2.66. The molecule has 1 aliphatic rings. The summed E-state index contributed by atoms with van der Waals surface area (Å²) in [5.41, 5.74) is 0.0304. The van der Waals surface area contributed by atoms with Crippen LogP contribution in [0.1, 0.15) is 11.3 Å². The van der Waals surface area contributed by atoms with Crippen molar-refractivity contribution in [3.63, 3.8) is 0 Å². The monoisotopic (exact) mass is 383 g/mol. The molecule has 1 aliphatic heterocycles. The van der Waals surface area contributed by atoms with Gasteiger partial charge in [-0.1, -0.05) is 36.4 Å². The van der Waals surface area contributed by atoms with Crippen LogP contribution in [0.25, 0.3) is 0 Å². The Hall–Kier alpha value is -3.42. The first-order valence-corrected chi connectivity index (χ1v) is 8.86. The van der Waals surface area contributed by atoms with Crippen molar-refractivity contribution in [1.82, 2.24) is 14.8 Å². The average molecular weight is 383 g/mol. The summed E-state index contributed by atoms with van der Waals surface area (Å²) in [5, 5.41) is 9.37. The van der Waals surface area contributed by atoms with Gasteiger partial charge in [0.05, 0.1) is 6.54 Å². The van der Waals surface area contributed by atoms with Gasteiger partial charge in [0.25, 0.3) is 0 Å². The van der Waals surface area contributed by atoms with Crippen LogP contribution < -0.4 is 0 Å². The standard InChI is InChI=1S/C20H21N3O5/c24-15-20(12-17-8-4-5-9-21-17)14-22(18(25)26)10-11-23(20)19(27)28-13-16-6-2-1-3-7-16/h1-9,15H,10-14H2,(H,25,26). The number of nitrogens with zero attached hydrogens (tertiary/aromatic N) is 3. The summed E-state index contributed by atoms with van der Waals surface area (Å²) in [6, 6.07) is 14.5. The molecule has 0 aliphatic carbocycles. The first-order chi connectivity index (χ1) is 13.5. The maximum atomic E-state index is 12.8. The summed E-state index contributed by atoms with van der Waals surface area (Å²) >= 11 is 0. The fourth-order valence-corrected chi connectivity index (χ4v) is 3.28. The highest BCUT2D eigenvalue weighted by Crippen LogP contribution is 2.25. The van der Waals surface area contributed by atoms with Crippen molar-refractivity contribution in [3.05, 3.63) is 66.0 Å². The highest BCUT2D eigenvalue weighted by molar-refractivity contribution is 5.79. The Labute approximate surface area is 162 Å². The molecule has 2 aromatic rings. The van der Waals surface area contributed by atoms with Crippen molar-refractivity contribution in [3.8, 4) is 0 Å². The zero-order valence-corrected chi connectivity index (χ0v) is 15.2. The first kappa shape index (κ1) is 19.3. The largest absolute Gasteiger partial charge is 0.465 e. The zero-order chi connectivity index (χ0) is 20.0. The number of carboxylic acid groups (broad SMARTS) is 1. The second kappa shape index (κ2) is 8.51. The van der Waals surface area contributed by atoms with Gasteiger partial charge >= 0.3 is 12.2 Å². The molecule has 2 amide bonds. The van der Waals surface area contributed by atoms with Gasteiger partial charge in [0.15, 0.2) is 0 Å². The predicted octanol–water partition coefficient (Wildman–Crippen LogP) is 2.19. The van der Waals surface area contributed by atoms with Crippen LogP contribution in [0.5, 0.6) is 0 Å². The Morgan fingerprint density at radius 1 is 1.14 bits per heavy atom. The molecule has 1 fully saturated rings. The van der Waals surface area contributed by atoms with Crippen LogP contribution in [0.15, 0.2) is 54.7 Å². The van der Waals surface area contributed by atoms with Gasteiger partial charge in [-0.2, -0.15) is 0 Å². The fraction of sp³-hybridized carbons (Fsp3) is 0.300. The van der Waals surface area contributed by atoms with E-state index in [-0.39, 0.29) is 32.7 Å². The minimum absolute atomic E-state index is 0.0610. The van der Waals surface area contributed by atoms with E-state index in [1.165, 1.54) is 4.90 Å². The summed E-state index contributed by atoms with van der Waals surface area (Å²) in [6.07, 6.45) is 0.521. The number of benzene rings is 1. The number of amides is 2. The zero-order valence-electron chi connectivity index (χ0n) is 15.2. The molecule has 0 spiro atoms. The van der Waals surface area contributed by atoms with Gasteiger partial charge in [-0.15, -0.1) is 0 Å². The molecule has 0 bridgehead atoms. The Kier molecular flexibility index (Phi) is 5.88. The summed E-state index contributed by atoms with van der Waals surface area (Å²) < 4.78 is 5.40. The van der Waals surface area contributed by atoms with Crippen LogP contribution in [-0.2, 0) is 22.6 Å². The summed E-state index contributed by atoms with van der Waals surface area (Å²) in [5.74, 6) is 0. The van der Waals surface area contributed by atoms with Gasteiger partial charge in [-0.25, -0.2) is 9.59 Å². The Morgan fingerprint density at radius 3 is 2.54 bits per heavy atom. The lowest BCUT2D eigenvalue weighted by atomic mass is 9.90. The number of rotatable bonds is 5. The van der Waals surface area contributed by atoms with Crippen LogP contribution in [-0.4, -0.2) is 63.5 Å². The molecular formula is C20H21N3O5. The maximum Gasteiger partial charge on any atom is 0.411 e. The lowest BCUT2D eigenvalue weighted by molar-refractivity contribution is -0.121. The van der Waals surface area contributed by atoms with Gasteiger partial charge in [0.2, 0.25) is 0 Å². The molecule has 1 saturated heterocycles. The molecule has 2 heterocycles. The number of hydrogen-bond acceptors (Lipinski definition) is 5. The van der Waals surface area contributed by atoms with Crippen LogP contribution in [0, 0.1) is 0 Å². The van der Waals surface area contributed by atoms with Crippen molar-refractivity contribution >= 4 is 18.5 Å². The minimum atomic E-state index is -1.38. The molecular weight excluding hydrogens is 362 g/mol. The fourth-order valence-electron chi connectivity index (χ4n) is 3.28. The number of hydrogen-bond donors (Lipinski definition) is 1. The van der Waals surface area contributed by atoms with Crippen LogP contribution in [0.4, 0.5) is 9.59 Å². The Balaban J connectivity index is 1.82. The SMILES string of the molecule is O=CC1(Cc2ccccn2)CN(C(=O)O)CCN1C(=O)OCc1ccccc1. The molecule has 0 saturated carbocycles. The smallest absolute Gasteiger partial charge is 0.411 e. The van der Waals surface area contributed by atoms with Gasteiger partial charge in [0, 0.05) is 31.4 Å². The third-order valence-corrected chi connectivity index (χ3v) is 4.72. The van der Waals surface area contributed by atoms with Crippen LogP contribution in [0.2, 0.25) is 0 Å². The number of aldehydes is 1. The highest BCUT2D eigenvalue weighted by atomic mass is 16.6. The van der Waals surface area contributed by atoms with Gasteiger partial charge in [-0.3, -0.25) is 9.88 Å². The number of pyridine rings is 1. The van der Waals surface area contributed by atoms with Crippen LogP contribution >= 0.6 is 0 Å². The second-order valence-corrected chi connectivity index (χ2v) is 6.62. The lowest BCUT2D eigenvalue weighted by Gasteiger charge is -2.46.